The van der Waals surface area contributed by atoms with Crippen LogP contribution in [0, 0.1) is 17.0 Å². The summed E-state index contributed by atoms with van der Waals surface area (Å²) in [6.07, 6.45) is 0.637. The van der Waals surface area contributed by atoms with E-state index in [1.807, 2.05) is 6.92 Å². The van der Waals surface area contributed by atoms with Gasteiger partial charge in [-0.2, -0.15) is 0 Å². The van der Waals surface area contributed by atoms with Gasteiger partial charge in [0.05, 0.1) is 13.7 Å². The van der Waals surface area contributed by atoms with Crippen molar-refractivity contribution in [2.24, 2.45) is 5.41 Å². The molecule has 0 atom stereocenters. The Morgan fingerprint density at radius 3 is 2.47 bits per heavy atom. The van der Waals surface area contributed by atoms with E-state index >= 15 is 0 Å². The molecule has 0 radical (unpaired) electrons. The quantitative estimate of drug-likeness (QED) is 0.769. The minimum absolute atomic E-state index is 0.0507. The summed E-state index contributed by atoms with van der Waals surface area (Å²) in [6.45, 7) is 5.43. The van der Waals surface area contributed by atoms with Crippen LogP contribution in [0.2, 0.25) is 0 Å². The second-order valence-electron chi connectivity index (χ2n) is 5.00. The van der Waals surface area contributed by atoms with E-state index < -0.39 is 17.0 Å². The summed E-state index contributed by atoms with van der Waals surface area (Å²) >= 11 is 0. The van der Waals surface area contributed by atoms with Crippen molar-refractivity contribution < 1.29 is 18.4 Å². The number of carbonyl (C=O) groups is 1. The van der Waals surface area contributed by atoms with E-state index in [0.29, 0.717) is 6.42 Å². The molecule has 0 spiro atoms. The van der Waals surface area contributed by atoms with E-state index in [1.54, 1.807) is 13.8 Å². The first-order valence-electron chi connectivity index (χ1n) is 6.11. The van der Waals surface area contributed by atoms with Gasteiger partial charge in [-0.15, -0.1) is 0 Å². The summed E-state index contributed by atoms with van der Waals surface area (Å²) in [5, 5.41) is 1.10. The van der Waals surface area contributed by atoms with Gasteiger partial charge in [0, 0.05) is 17.0 Å². The summed E-state index contributed by atoms with van der Waals surface area (Å²) in [5.74, 6) is -1.57. The number of nitrogens with zero attached hydrogens (tertiary/aromatic N) is 1. The molecule has 0 aliphatic carbocycles. The molecule has 1 amide bonds. The van der Waals surface area contributed by atoms with E-state index in [4.69, 9.17) is 4.84 Å². The van der Waals surface area contributed by atoms with Crippen LogP contribution in [0.5, 0.6) is 0 Å². The average Bonchev–Trinajstić information content (AvgIpc) is 2.37. The van der Waals surface area contributed by atoms with Crippen LogP contribution in [0.4, 0.5) is 8.78 Å². The van der Waals surface area contributed by atoms with Crippen molar-refractivity contribution in [3.05, 3.63) is 35.4 Å². The molecule has 0 N–H and O–H groups in total. The molecule has 19 heavy (non-hydrogen) atoms. The van der Waals surface area contributed by atoms with Crippen LogP contribution in [0.3, 0.4) is 0 Å². The van der Waals surface area contributed by atoms with Gasteiger partial charge in [0.15, 0.2) is 0 Å². The van der Waals surface area contributed by atoms with Gasteiger partial charge in [0.25, 0.3) is 5.91 Å². The van der Waals surface area contributed by atoms with Crippen molar-refractivity contribution in [3.63, 3.8) is 0 Å². The molecule has 1 aromatic carbocycles. The second kappa shape index (κ2) is 6.10. The van der Waals surface area contributed by atoms with E-state index in [0.717, 1.165) is 17.2 Å². The average molecular weight is 271 g/mol. The molecule has 0 saturated heterocycles. The molecule has 0 aliphatic heterocycles. The highest BCUT2D eigenvalue weighted by Gasteiger charge is 2.31. The zero-order valence-electron chi connectivity index (χ0n) is 11.7. The molecular formula is C14H19F2NO2. The molecule has 0 bridgehead atoms. The van der Waals surface area contributed by atoms with E-state index in [-0.39, 0.29) is 18.0 Å². The van der Waals surface area contributed by atoms with Gasteiger partial charge in [0.1, 0.15) is 11.6 Å². The van der Waals surface area contributed by atoms with E-state index in [1.165, 1.54) is 13.2 Å². The number of rotatable bonds is 5. The van der Waals surface area contributed by atoms with Crippen molar-refractivity contribution in [2.45, 2.75) is 33.7 Å². The molecule has 5 heteroatoms. The Morgan fingerprint density at radius 2 is 2.00 bits per heavy atom. The van der Waals surface area contributed by atoms with Crippen molar-refractivity contribution in [3.8, 4) is 0 Å². The highest BCUT2D eigenvalue weighted by Crippen LogP contribution is 2.24. The Balaban J connectivity index is 2.91. The summed E-state index contributed by atoms with van der Waals surface area (Å²) in [5.41, 5.74) is -0.379. The number of halogens is 2. The van der Waals surface area contributed by atoms with Gasteiger partial charge in [-0.1, -0.05) is 26.8 Å². The lowest BCUT2D eigenvalue weighted by molar-refractivity contribution is -0.189. The fourth-order valence-electron chi connectivity index (χ4n) is 1.51. The molecule has 1 rings (SSSR count). The summed E-state index contributed by atoms with van der Waals surface area (Å²) in [6, 6.07) is 3.25. The molecule has 3 nitrogen and oxygen atoms in total. The van der Waals surface area contributed by atoms with Crippen molar-refractivity contribution >= 4 is 5.91 Å². The number of carbonyl (C=O) groups excluding carboxylic acids is 1. The standard InChI is InChI=1S/C14H19F2NO2/c1-5-14(2,3)13(18)17(19-4)9-10-6-7-11(15)8-12(10)16/h6-8H,5,9H2,1-4H3. The molecule has 0 saturated carbocycles. The third-order valence-electron chi connectivity index (χ3n) is 3.24. The first-order valence-corrected chi connectivity index (χ1v) is 6.11. The second-order valence-corrected chi connectivity index (χ2v) is 5.00. The Hall–Kier alpha value is -1.49. The largest absolute Gasteiger partial charge is 0.274 e. The minimum atomic E-state index is -0.691. The number of hydrogen-bond acceptors (Lipinski definition) is 2. The zero-order valence-corrected chi connectivity index (χ0v) is 11.7. The molecular weight excluding hydrogens is 252 g/mol. The monoisotopic (exact) mass is 271 g/mol. The molecule has 106 valence electrons. The van der Waals surface area contributed by atoms with Crippen LogP contribution in [-0.4, -0.2) is 18.1 Å². The Kier molecular flexibility index (Phi) is 5.00. The summed E-state index contributed by atoms with van der Waals surface area (Å²) in [7, 11) is 1.35. The summed E-state index contributed by atoms with van der Waals surface area (Å²) < 4.78 is 26.4. The summed E-state index contributed by atoms with van der Waals surface area (Å²) in [4.78, 5) is 17.2. The number of hydroxylamine groups is 2. The molecule has 0 heterocycles. The third kappa shape index (κ3) is 3.73. The Morgan fingerprint density at radius 1 is 1.37 bits per heavy atom. The lowest BCUT2D eigenvalue weighted by Crippen LogP contribution is -2.39. The van der Waals surface area contributed by atoms with Crippen LogP contribution in [-0.2, 0) is 16.2 Å². The van der Waals surface area contributed by atoms with Gasteiger partial charge >= 0.3 is 0 Å². The zero-order chi connectivity index (χ0) is 14.6. The highest BCUT2D eigenvalue weighted by molar-refractivity contribution is 5.80. The first kappa shape index (κ1) is 15.6. The van der Waals surface area contributed by atoms with E-state index in [9.17, 15) is 13.6 Å². The maximum atomic E-state index is 13.6. The maximum absolute atomic E-state index is 13.6. The van der Waals surface area contributed by atoms with Crippen molar-refractivity contribution in [2.75, 3.05) is 7.11 Å². The van der Waals surface area contributed by atoms with Gasteiger partial charge < -0.3 is 0 Å². The van der Waals surface area contributed by atoms with Crippen molar-refractivity contribution in [1.29, 1.82) is 0 Å². The molecule has 0 aliphatic rings. The fraction of sp³-hybridized carbons (Fsp3) is 0.500. The van der Waals surface area contributed by atoms with Gasteiger partial charge in [-0.25, -0.2) is 13.8 Å². The fourth-order valence-corrected chi connectivity index (χ4v) is 1.51. The smallest absolute Gasteiger partial charge is 0.252 e. The van der Waals surface area contributed by atoms with Gasteiger partial charge in [0.2, 0.25) is 0 Å². The number of benzene rings is 1. The topological polar surface area (TPSA) is 29.5 Å². The van der Waals surface area contributed by atoms with Gasteiger partial charge in [-0.05, 0) is 12.5 Å². The van der Waals surface area contributed by atoms with Crippen LogP contribution >= 0.6 is 0 Å². The number of hydrogen-bond donors (Lipinski definition) is 0. The highest BCUT2D eigenvalue weighted by atomic mass is 19.1. The Labute approximate surface area is 112 Å². The van der Waals surface area contributed by atoms with Crippen LogP contribution in [0.1, 0.15) is 32.8 Å². The van der Waals surface area contributed by atoms with Gasteiger partial charge in [-0.3, -0.25) is 9.63 Å². The predicted molar refractivity (Wildman–Crippen MR) is 68.0 cm³/mol. The number of amides is 1. The maximum Gasteiger partial charge on any atom is 0.252 e. The van der Waals surface area contributed by atoms with Crippen LogP contribution in [0.25, 0.3) is 0 Å². The lowest BCUT2D eigenvalue weighted by atomic mass is 9.89. The van der Waals surface area contributed by atoms with E-state index in [2.05, 4.69) is 0 Å². The molecule has 1 aromatic rings. The van der Waals surface area contributed by atoms with Crippen molar-refractivity contribution in [1.82, 2.24) is 5.06 Å². The minimum Gasteiger partial charge on any atom is -0.274 e. The lowest BCUT2D eigenvalue weighted by Gasteiger charge is -2.29. The molecule has 0 unspecified atom stereocenters. The third-order valence-corrected chi connectivity index (χ3v) is 3.24. The normalized spacial score (nSPS) is 11.5. The van der Waals surface area contributed by atoms with Crippen LogP contribution < -0.4 is 0 Å². The van der Waals surface area contributed by atoms with Crippen LogP contribution in [0.15, 0.2) is 18.2 Å². The first-order chi connectivity index (χ1) is 8.81. The molecule has 0 aromatic heterocycles. The molecule has 0 fully saturated rings. The Bertz CT molecular complexity index is 461. The predicted octanol–water partition coefficient (Wildman–Crippen LogP) is 3.29. The SMILES string of the molecule is CCC(C)(C)C(=O)N(Cc1ccc(F)cc1F)OC.